The zero-order valence-corrected chi connectivity index (χ0v) is 50.5. The second-order valence-electron chi connectivity index (χ2n) is 26.0. The van der Waals surface area contributed by atoms with Crippen molar-refractivity contribution in [3.8, 4) is 0 Å². The van der Waals surface area contributed by atoms with E-state index in [0.29, 0.717) is 0 Å². The molecule has 6 atom stereocenters. The molecule has 0 amide bonds. The van der Waals surface area contributed by atoms with Crippen LogP contribution in [0.2, 0.25) is 0 Å². The molecule has 0 N–H and O–H groups in total. The Morgan fingerprint density at radius 2 is 0.386 bits per heavy atom. The summed E-state index contributed by atoms with van der Waals surface area (Å²) in [4.78, 5) is 0. The fraction of sp³-hybridized carbons (Fsp3) is 1.00. The van der Waals surface area contributed by atoms with Gasteiger partial charge in [0.2, 0.25) is 0 Å². The molecular weight excluding hydrogens is 841 g/mol. The molecule has 9 aliphatic rings. The van der Waals surface area contributed by atoms with Gasteiger partial charge in [-0.05, 0) is 78.4 Å². The largest absolute Gasteiger partial charge is 0.0683 e. The van der Waals surface area contributed by atoms with Gasteiger partial charge in [0.1, 0.15) is 0 Å². The van der Waals surface area contributed by atoms with Crippen molar-refractivity contribution in [3.63, 3.8) is 0 Å². The topological polar surface area (TPSA) is 0 Å². The zero-order chi connectivity index (χ0) is 50.5. The molecule has 0 heterocycles. The minimum absolute atomic E-state index is 1.00. The molecule has 0 saturated heterocycles. The van der Waals surface area contributed by atoms with Crippen LogP contribution in [0.5, 0.6) is 0 Å². The highest BCUT2D eigenvalue weighted by molar-refractivity contribution is 4.82. The molecule has 0 heteroatoms. The van der Waals surface area contributed by atoms with E-state index in [9.17, 15) is 0 Å². The van der Waals surface area contributed by atoms with Crippen LogP contribution in [0.25, 0.3) is 0 Å². The summed E-state index contributed by atoms with van der Waals surface area (Å²) >= 11 is 0. The monoisotopic (exact) mass is 979 g/mol. The maximum atomic E-state index is 2.55. The van der Waals surface area contributed by atoms with E-state index in [4.69, 9.17) is 0 Å². The smallest absolute Gasteiger partial charge is 0.0360 e. The first-order valence-corrected chi connectivity index (χ1v) is 34.5. The van der Waals surface area contributed by atoms with Crippen molar-refractivity contribution in [1.29, 1.82) is 0 Å². The molecule has 9 rings (SSSR count). The van der Waals surface area contributed by atoms with E-state index in [1.165, 1.54) is 263 Å². The van der Waals surface area contributed by atoms with Crippen LogP contribution in [0.3, 0.4) is 0 Å². The predicted octanol–water partition coefficient (Wildman–Crippen LogP) is 25.6. The molecule has 9 saturated carbocycles. The molecule has 0 spiro atoms. The number of hydrogen-bond acceptors (Lipinski definition) is 0. The molecule has 0 radical (unpaired) electrons. The van der Waals surface area contributed by atoms with Gasteiger partial charge in [-0.15, -0.1) is 0 Å². The summed E-state index contributed by atoms with van der Waals surface area (Å²) in [5, 5.41) is 0. The summed E-state index contributed by atoms with van der Waals surface area (Å²) in [5.74, 6) is 10.7. The van der Waals surface area contributed by atoms with Crippen molar-refractivity contribution < 1.29 is 0 Å². The summed E-state index contributed by atoms with van der Waals surface area (Å²) in [6, 6.07) is 0. The lowest BCUT2D eigenvalue weighted by Gasteiger charge is -2.36. The third kappa shape index (κ3) is 33.8. The van der Waals surface area contributed by atoms with E-state index in [-0.39, 0.29) is 0 Å². The summed E-state index contributed by atoms with van der Waals surface area (Å²) in [6.07, 6.45) is 78.7. The van der Waals surface area contributed by atoms with Crippen molar-refractivity contribution >= 4 is 0 Å². The first-order valence-electron chi connectivity index (χ1n) is 34.5. The van der Waals surface area contributed by atoms with E-state index in [0.717, 1.165) is 59.2 Å². The average Bonchev–Trinajstić information content (AvgIpc) is 3.27. The van der Waals surface area contributed by atoms with E-state index < -0.39 is 0 Å². The lowest BCUT2D eigenvalue weighted by atomic mass is 9.69. The minimum atomic E-state index is 1.00. The molecule has 9 aliphatic carbocycles. The Balaban J connectivity index is 0.000000294. The van der Waals surface area contributed by atoms with Crippen LogP contribution in [0.4, 0.5) is 0 Å². The van der Waals surface area contributed by atoms with Crippen LogP contribution in [0.15, 0.2) is 0 Å². The Bertz CT molecular complexity index is 923. The summed E-state index contributed by atoms with van der Waals surface area (Å²) < 4.78 is 0. The van der Waals surface area contributed by atoms with Gasteiger partial charge in [-0.3, -0.25) is 0 Å². The molecule has 0 aromatic rings. The first kappa shape index (κ1) is 66.1. The molecule has 0 aromatic carbocycles. The fourth-order valence-corrected chi connectivity index (χ4v) is 14.3. The number of rotatable bonds is 3. The van der Waals surface area contributed by atoms with Gasteiger partial charge in [0.05, 0.1) is 0 Å². The van der Waals surface area contributed by atoms with Crippen molar-refractivity contribution in [2.24, 2.45) is 59.2 Å². The normalized spacial score (nSPS) is 32.1. The van der Waals surface area contributed by atoms with Crippen LogP contribution < -0.4 is 0 Å². The summed E-state index contributed by atoms with van der Waals surface area (Å²) in [5.41, 5.74) is 0. The lowest BCUT2D eigenvalue weighted by molar-refractivity contribution is 0.153. The third-order valence-electron chi connectivity index (χ3n) is 19.9. The maximum Gasteiger partial charge on any atom is -0.0360 e. The highest BCUT2D eigenvalue weighted by Gasteiger charge is 2.30. The van der Waals surface area contributed by atoms with Gasteiger partial charge in [-0.1, -0.05) is 370 Å². The van der Waals surface area contributed by atoms with Crippen LogP contribution in [-0.4, -0.2) is 0 Å². The SMILES string of the molecule is C1CCC1.C1CCCCCCC1.C1CCCCCCCCC1.CC.CC.CC1CCCC(C2CCCCCC[C@H]2C)CCC1.CC1CCCCCC(C2CCC2)C1.CC1CCCCCC(C2CCC2)C1. The molecule has 0 nitrogen and oxygen atoms in total. The molecule has 70 heavy (non-hydrogen) atoms. The Labute approximate surface area is 446 Å². The first-order chi connectivity index (χ1) is 34.5. The highest BCUT2D eigenvalue weighted by atomic mass is 14.4. The van der Waals surface area contributed by atoms with Crippen LogP contribution in [0, 0.1) is 59.2 Å². The maximum absolute atomic E-state index is 2.55. The van der Waals surface area contributed by atoms with Gasteiger partial charge >= 0.3 is 0 Å². The minimum Gasteiger partial charge on any atom is -0.0683 e. The lowest BCUT2D eigenvalue weighted by Crippen LogP contribution is -2.24. The fourth-order valence-electron chi connectivity index (χ4n) is 14.3. The van der Waals surface area contributed by atoms with Crippen molar-refractivity contribution in [2.45, 2.75) is 389 Å². The molecule has 418 valence electrons. The summed E-state index contributed by atoms with van der Waals surface area (Å²) in [7, 11) is 0. The van der Waals surface area contributed by atoms with Gasteiger partial charge in [0.25, 0.3) is 0 Å². The Morgan fingerprint density at radius 3 is 0.700 bits per heavy atom. The molecule has 9 fully saturated rings. The van der Waals surface area contributed by atoms with Gasteiger partial charge in [-0.2, -0.15) is 0 Å². The van der Waals surface area contributed by atoms with Crippen molar-refractivity contribution in [2.75, 3.05) is 0 Å². The molecule has 5 unspecified atom stereocenters. The highest BCUT2D eigenvalue weighted by Crippen LogP contribution is 2.43. The van der Waals surface area contributed by atoms with Gasteiger partial charge in [0.15, 0.2) is 0 Å². The average molecular weight is 980 g/mol. The Morgan fingerprint density at radius 1 is 0.171 bits per heavy atom. The van der Waals surface area contributed by atoms with Gasteiger partial charge < -0.3 is 0 Å². The second-order valence-corrected chi connectivity index (χ2v) is 26.0. The van der Waals surface area contributed by atoms with E-state index in [1.54, 1.807) is 70.6 Å². The summed E-state index contributed by atoms with van der Waals surface area (Å²) in [6.45, 7) is 17.9. The van der Waals surface area contributed by atoms with E-state index in [2.05, 4.69) is 27.7 Å². The predicted molar refractivity (Wildman–Crippen MR) is 320 cm³/mol. The standard InChI is InChI=1S/C18H34.2C13H24.C10H20.C8H16.C4H8.2C2H6/c1-15-9-7-12-17(13-8-10-15)18-14-6-4-3-5-11-16(18)2;2*1-11-6-3-2-4-7-13(10-11)12-8-5-9-12;1-2-4-6-8-10-9-7-5-3-1;1-2-4-6-8-7-5-3-1;1-2-4-3-1;2*1-2/h15-18H,3-14H2,1-2H3;2*11-13H,2-10H2,1H3;1-10H2;1-8H2;1-4H2;2*1-2H3/t15?,16-,17?,18?;;;;;;;/m1......./s1. The Kier molecular flexibility index (Phi) is 44.8. The third-order valence-corrected chi connectivity index (χ3v) is 19.9. The molecule has 0 aromatic heterocycles. The van der Waals surface area contributed by atoms with E-state index >= 15 is 0 Å². The van der Waals surface area contributed by atoms with E-state index in [1.807, 2.05) is 27.7 Å². The van der Waals surface area contributed by atoms with Crippen molar-refractivity contribution in [1.82, 2.24) is 0 Å². The molecule has 0 bridgehead atoms. The number of hydrogen-bond donors (Lipinski definition) is 0. The molecular formula is C70H138. The second kappa shape index (κ2) is 47.5. The van der Waals surface area contributed by atoms with Gasteiger partial charge in [0, 0.05) is 0 Å². The quantitative estimate of drug-likeness (QED) is 0.264. The van der Waals surface area contributed by atoms with Crippen LogP contribution in [-0.2, 0) is 0 Å². The van der Waals surface area contributed by atoms with Crippen LogP contribution >= 0.6 is 0 Å². The van der Waals surface area contributed by atoms with Crippen molar-refractivity contribution in [3.05, 3.63) is 0 Å². The molecule has 0 aliphatic heterocycles. The zero-order valence-electron chi connectivity index (χ0n) is 50.5. The van der Waals surface area contributed by atoms with Crippen LogP contribution in [0.1, 0.15) is 389 Å². The Hall–Kier alpha value is 0. The van der Waals surface area contributed by atoms with Gasteiger partial charge in [-0.25, -0.2) is 0 Å².